The van der Waals surface area contributed by atoms with Crippen LogP contribution in [0.25, 0.3) is 0 Å². The average molecular weight is 282 g/mol. The molecule has 110 valence electrons. The Balaban J connectivity index is 2.34. The van der Waals surface area contributed by atoms with Crippen molar-refractivity contribution in [2.24, 2.45) is 11.5 Å². The fourth-order valence-electron chi connectivity index (χ4n) is 1.24. The van der Waals surface area contributed by atoms with Crippen molar-refractivity contribution in [1.82, 2.24) is 0 Å². The zero-order chi connectivity index (χ0) is 15.2. The Labute approximate surface area is 116 Å². The number of carboxylic acids is 1. The van der Waals surface area contributed by atoms with E-state index in [0.29, 0.717) is 5.75 Å². The smallest absolute Gasteiger partial charge is 0.335 e. The van der Waals surface area contributed by atoms with Gasteiger partial charge >= 0.3 is 11.9 Å². The molecule has 0 aromatic heterocycles. The van der Waals surface area contributed by atoms with Crippen molar-refractivity contribution in [2.75, 3.05) is 19.8 Å². The van der Waals surface area contributed by atoms with Crippen molar-refractivity contribution >= 4 is 11.9 Å². The molecule has 1 unspecified atom stereocenters. The van der Waals surface area contributed by atoms with Gasteiger partial charge in [-0.15, -0.1) is 0 Å². The van der Waals surface area contributed by atoms with E-state index in [1.807, 2.05) is 0 Å². The largest absolute Gasteiger partial charge is 0.490 e. The van der Waals surface area contributed by atoms with Gasteiger partial charge in [0.15, 0.2) is 0 Å². The molecule has 0 spiro atoms. The third-order valence-corrected chi connectivity index (χ3v) is 2.58. The highest BCUT2D eigenvalue weighted by atomic mass is 16.6. The summed E-state index contributed by atoms with van der Waals surface area (Å²) < 4.78 is 10.2. The Kier molecular flexibility index (Phi) is 5.48. The first-order chi connectivity index (χ1) is 9.36. The van der Waals surface area contributed by atoms with Crippen LogP contribution in [0.3, 0.4) is 0 Å². The number of benzene rings is 1. The highest BCUT2D eigenvalue weighted by Crippen LogP contribution is 2.12. The molecule has 1 atom stereocenters. The molecule has 0 aliphatic carbocycles. The van der Waals surface area contributed by atoms with Crippen molar-refractivity contribution in [3.05, 3.63) is 29.8 Å². The van der Waals surface area contributed by atoms with E-state index in [1.165, 1.54) is 31.2 Å². The Morgan fingerprint density at radius 3 is 2.35 bits per heavy atom. The molecule has 0 fully saturated rings. The maximum absolute atomic E-state index is 11.5. The molecule has 0 saturated heterocycles. The predicted molar refractivity (Wildman–Crippen MR) is 71.5 cm³/mol. The van der Waals surface area contributed by atoms with Gasteiger partial charge in [-0.05, 0) is 31.2 Å². The molecule has 1 aromatic carbocycles. The van der Waals surface area contributed by atoms with Gasteiger partial charge in [0.05, 0.1) is 5.56 Å². The maximum atomic E-state index is 11.5. The Morgan fingerprint density at radius 1 is 1.25 bits per heavy atom. The minimum Gasteiger partial charge on any atom is -0.490 e. The molecule has 7 heteroatoms. The van der Waals surface area contributed by atoms with Gasteiger partial charge in [0.25, 0.3) is 0 Å². The van der Waals surface area contributed by atoms with Gasteiger partial charge in [-0.3, -0.25) is 4.79 Å². The molecule has 0 radical (unpaired) electrons. The predicted octanol–water partition coefficient (Wildman–Crippen LogP) is -0.0171. The number of hydrogen-bond acceptors (Lipinski definition) is 6. The van der Waals surface area contributed by atoms with E-state index in [0.717, 1.165) is 0 Å². The molecule has 0 bridgehead atoms. The average Bonchev–Trinajstić information content (AvgIpc) is 2.43. The monoisotopic (exact) mass is 282 g/mol. The number of carboxylic acid groups (broad SMARTS) is 1. The quantitative estimate of drug-likeness (QED) is 0.474. The standard InChI is InChI=1S/C13H18N2O5/c1-13(15,8-14)12(18)20-7-6-19-10-4-2-9(3-5-10)11(16)17/h2-5H,6-8,14-15H2,1H3,(H,16,17). The Hall–Kier alpha value is -2.12. The number of carbonyl (C=O) groups is 2. The number of aromatic carboxylic acids is 1. The van der Waals surface area contributed by atoms with Crippen LogP contribution in [-0.4, -0.2) is 42.3 Å². The topological polar surface area (TPSA) is 125 Å². The summed E-state index contributed by atoms with van der Waals surface area (Å²) in [5, 5.41) is 8.73. The lowest BCUT2D eigenvalue weighted by Crippen LogP contribution is -2.52. The first kappa shape index (κ1) is 15.9. The van der Waals surface area contributed by atoms with Crippen LogP contribution in [-0.2, 0) is 9.53 Å². The van der Waals surface area contributed by atoms with Crippen LogP contribution >= 0.6 is 0 Å². The summed E-state index contributed by atoms with van der Waals surface area (Å²) in [5.41, 5.74) is 9.90. The van der Waals surface area contributed by atoms with Gasteiger partial charge in [-0.1, -0.05) is 0 Å². The third kappa shape index (κ3) is 4.52. The second kappa shape index (κ2) is 6.88. The minimum atomic E-state index is -1.21. The summed E-state index contributed by atoms with van der Waals surface area (Å²) in [6.45, 7) is 1.65. The minimum absolute atomic E-state index is 0.0106. The van der Waals surface area contributed by atoms with Crippen LogP contribution in [0, 0.1) is 0 Å². The summed E-state index contributed by atoms with van der Waals surface area (Å²) in [4.78, 5) is 22.1. The fraction of sp³-hybridized carbons (Fsp3) is 0.385. The highest BCUT2D eigenvalue weighted by Gasteiger charge is 2.28. The number of ether oxygens (including phenoxy) is 2. The van der Waals surface area contributed by atoms with E-state index in [9.17, 15) is 9.59 Å². The van der Waals surface area contributed by atoms with Gasteiger partial charge in [-0.2, -0.15) is 0 Å². The molecular weight excluding hydrogens is 264 g/mol. The summed E-state index contributed by atoms with van der Waals surface area (Å²) >= 11 is 0. The molecular formula is C13H18N2O5. The van der Waals surface area contributed by atoms with Crippen molar-refractivity contribution in [1.29, 1.82) is 0 Å². The van der Waals surface area contributed by atoms with Crippen LogP contribution in [0.15, 0.2) is 24.3 Å². The van der Waals surface area contributed by atoms with E-state index in [4.69, 9.17) is 26.0 Å². The van der Waals surface area contributed by atoms with Crippen molar-refractivity contribution in [2.45, 2.75) is 12.5 Å². The number of rotatable bonds is 7. The second-order valence-corrected chi connectivity index (χ2v) is 4.44. The number of carbonyl (C=O) groups excluding carboxylic acids is 1. The Bertz CT molecular complexity index is 470. The first-order valence-corrected chi connectivity index (χ1v) is 5.99. The van der Waals surface area contributed by atoms with Crippen molar-refractivity contribution < 1.29 is 24.2 Å². The summed E-state index contributed by atoms with van der Waals surface area (Å²) in [6.07, 6.45) is 0. The molecule has 1 aromatic rings. The van der Waals surface area contributed by atoms with Crippen LogP contribution in [0.1, 0.15) is 17.3 Å². The second-order valence-electron chi connectivity index (χ2n) is 4.44. The molecule has 20 heavy (non-hydrogen) atoms. The van der Waals surface area contributed by atoms with E-state index >= 15 is 0 Å². The zero-order valence-electron chi connectivity index (χ0n) is 11.2. The van der Waals surface area contributed by atoms with Crippen LogP contribution in [0.2, 0.25) is 0 Å². The molecule has 5 N–H and O–H groups in total. The maximum Gasteiger partial charge on any atom is 0.335 e. The van der Waals surface area contributed by atoms with Crippen LogP contribution < -0.4 is 16.2 Å². The summed E-state index contributed by atoms with van der Waals surface area (Å²) in [5.74, 6) is -1.11. The first-order valence-electron chi connectivity index (χ1n) is 5.99. The zero-order valence-corrected chi connectivity index (χ0v) is 11.2. The molecule has 0 saturated carbocycles. The normalized spacial score (nSPS) is 13.3. The fourth-order valence-corrected chi connectivity index (χ4v) is 1.24. The van der Waals surface area contributed by atoms with E-state index in [-0.39, 0.29) is 25.3 Å². The number of nitrogens with two attached hydrogens (primary N) is 2. The van der Waals surface area contributed by atoms with Gasteiger partial charge in [0.1, 0.15) is 24.5 Å². The van der Waals surface area contributed by atoms with Gasteiger partial charge < -0.3 is 26.0 Å². The molecule has 1 rings (SSSR count). The summed E-state index contributed by atoms with van der Waals surface area (Å²) in [6, 6.07) is 5.90. The molecule has 0 aliphatic heterocycles. The van der Waals surface area contributed by atoms with Crippen LogP contribution in [0.4, 0.5) is 0 Å². The SMILES string of the molecule is CC(N)(CN)C(=O)OCCOc1ccc(C(=O)O)cc1. The highest BCUT2D eigenvalue weighted by molar-refractivity contribution is 5.87. The van der Waals surface area contributed by atoms with E-state index in [1.54, 1.807) is 0 Å². The van der Waals surface area contributed by atoms with E-state index in [2.05, 4.69) is 0 Å². The van der Waals surface area contributed by atoms with Crippen LogP contribution in [0.5, 0.6) is 5.75 Å². The third-order valence-electron chi connectivity index (χ3n) is 2.58. The molecule has 0 amide bonds. The van der Waals surface area contributed by atoms with E-state index < -0.39 is 17.5 Å². The lowest BCUT2D eigenvalue weighted by molar-refractivity contribution is -0.149. The lowest BCUT2D eigenvalue weighted by Gasteiger charge is -2.20. The Morgan fingerprint density at radius 2 is 1.85 bits per heavy atom. The summed E-state index contributed by atoms with van der Waals surface area (Å²) in [7, 11) is 0. The molecule has 7 nitrogen and oxygen atoms in total. The molecule has 0 aliphatic rings. The van der Waals surface area contributed by atoms with Crippen molar-refractivity contribution in [3.63, 3.8) is 0 Å². The lowest BCUT2D eigenvalue weighted by atomic mass is 10.1. The molecule has 0 heterocycles. The van der Waals surface area contributed by atoms with Gasteiger partial charge in [-0.25, -0.2) is 4.79 Å². The number of esters is 1. The number of hydrogen-bond donors (Lipinski definition) is 3. The van der Waals surface area contributed by atoms with Gasteiger partial charge in [0.2, 0.25) is 0 Å². The van der Waals surface area contributed by atoms with Crippen molar-refractivity contribution in [3.8, 4) is 5.75 Å². The van der Waals surface area contributed by atoms with Gasteiger partial charge in [0, 0.05) is 6.54 Å².